The highest BCUT2D eigenvalue weighted by Crippen LogP contribution is 2.24. The molecule has 0 fully saturated rings. The van der Waals surface area contributed by atoms with Crippen LogP contribution in [0.4, 0.5) is 17.2 Å². The van der Waals surface area contributed by atoms with Gasteiger partial charge in [-0.25, -0.2) is 13.4 Å². The minimum absolute atomic E-state index is 0.185. The summed E-state index contributed by atoms with van der Waals surface area (Å²) >= 11 is 0. The minimum Gasteiger partial charge on any atom is -0.397 e. The Morgan fingerprint density at radius 3 is 2.41 bits per heavy atom. The van der Waals surface area contributed by atoms with Crippen molar-refractivity contribution >= 4 is 27.0 Å². The molecule has 0 radical (unpaired) electrons. The average molecular weight is 258 g/mol. The number of aryl methyl sites for hydroxylation is 1. The fraction of sp³-hybridized carbons (Fsp3) is 0.500. The Morgan fingerprint density at radius 2 is 1.82 bits per heavy atom. The number of hydrogen-bond acceptors (Lipinski definition) is 6. The predicted molar refractivity (Wildman–Crippen MR) is 70.1 cm³/mol. The Hall–Kier alpha value is -1.50. The number of nitrogens with zero attached hydrogens (tertiary/aromatic N) is 1. The summed E-state index contributed by atoms with van der Waals surface area (Å²) in [7, 11) is -2.90. The van der Waals surface area contributed by atoms with Gasteiger partial charge in [0.25, 0.3) is 0 Å². The largest absolute Gasteiger partial charge is 0.397 e. The van der Waals surface area contributed by atoms with Crippen LogP contribution in [0.25, 0.3) is 0 Å². The Bertz CT molecular complexity index is 499. The second-order valence-corrected chi connectivity index (χ2v) is 6.34. The summed E-state index contributed by atoms with van der Waals surface area (Å²) in [6.07, 6.45) is 4.79. The summed E-state index contributed by atoms with van der Waals surface area (Å²) in [5, 5.41) is 0. The van der Waals surface area contributed by atoms with E-state index < -0.39 is 9.84 Å². The average Bonchev–Trinajstić information content (AvgIpc) is 2.22. The third-order valence-electron chi connectivity index (χ3n) is 2.48. The van der Waals surface area contributed by atoms with Gasteiger partial charge >= 0.3 is 0 Å². The molecule has 1 rings (SSSR count). The second-order valence-electron chi connectivity index (χ2n) is 4.08. The van der Waals surface area contributed by atoms with Crippen molar-refractivity contribution in [1.29, 1.82) is 0 Å². The highest BCUT2D eigenvalue weighted by Gasteiger charge is 2.08. The van der Waals surface area contributed by atoms with E-state index in [0.717, 1.165) is 12.0 Å². The molecule has 17 heavy (non-hydrogen) atoms. The van der Waals surface area contributed by atoms with Crippen LogP contribution in [0, 0.1) is 0 Å². The molecule has 0 bridgehead atoms. The molecular formula is C10H18N4O2S. The van der Waals surface area contributed by atoms with Crippen molar-refractivity contribution in [3.8, 4) is 0 Å². The van der Waals surface area contributed by atoms with Crippen molar-refractivity contribution in [3.05, 3.63) is 11.8 Å². The number of anilines is 3. The Balaban J connectivity index is 2.56. The summed E-state index contributed by atoms with van der Waals surface area (Å²) in [5.41, 5.74) is 18.5. The van der Waals surface area contributed by atoms with Gasteiger partial charge in [-0.1, -0.05) is 0 Å². The molecule has 0 saturated heterocycles. The highest BCUT2D eigenvalue weighted by molar-refractivity contribution is 7.90. The van der Waals surface area contributed by atoms with Gasteiger partial charge in [0.1, 0.15) is 15.7 Å². The second kappa shape index (κ2) is 5.22. The van der Waals surface area contributed by atoms with Crippen LogP contribution in [0.3, 0.4) is 0 Å². The van der Waals surface area contributed by atoms with E-state index in [2.05, 4.69) is 4.98 Å². The maximum absolute atomic E-state index is 10.9. The van der Waals surface area contributed by atoms with E-state index in [4.69, 9.17) is 17.2 Å². The first kappa shape index (κ1) is 13.6. The number of nitrogen functional groups attached to an aromatic ring is 3. The molecule has 1 aromatic rings. The molecule has 0 saturated carbocycles. The molecule has 0 aliphatic rings. The minimum atomic E-state index is -2.90. The summed E-state index contributed by atoms with van der Waals surface area (Å²) in [6.45, 7) is 0. The van der Waals surface area contributed by atoms with Crippen LogP contribution in [0.15, 0.2) is 6.20 Å². The molecule has 1 aromatic heterocycles. The van der Waals surface area contributed by atoms with Crippen LogP contribution in [0.2, 0.25) is 0 Å². The van der Waals surface area contributed by atoms with Crippen LogP contribution in [-0.2, 0) is 16.3 Å². The molecule has 0 amide bonds. The molecule has 6 nitrogen and oxygen atoms in total. The van der Waals surface area contributed by atoms with Crippen LogP contribution in [0.5, 0.6) is 0 Å². The molecular weight excluding hydrogens is 240 g/mol. The van der Waals surface area contributed by atoms with Crippen molar-refractivity contribution < 1.29 is 8.42 Å². The monoisotopic (exact) mass is 258 g/mol. The first-order valence-corrected chi connectivity index (χ1v) is 7.33. The van der Waals surface area contributed by atoms with E-state index in [1.165, 1.54) is 6.26 Å². The fourth-order valence-electron chi connectivity index (χ4n) is 1.48. The van der Waals surface area contributed by atoms with Crippen LogP contribution in [-0.4, -0.2) is 25.4 Å². The van der Waals surface area contributed by atoms with E-state index in [-0.39, 0.29) is 11.6 Å². The molecule has 0 atom stereocenters. The number of nitrogens with two attached hydrogens (primary N) is 3. The topological polar surface area (TPSA) is 125 Å². The smallest absolute Gasteiger partial charge is 0.148 e. The molecule has 0 aromatic carbocycles. The number of hydrogen-bond donors (Lipinski definition) is 3. The lowest BCUT2D eigenvalue weighted by Gasteiger charge is -2.09. The van der Waals surface area contributed by atoms with Crippen LogP contribution in [0.1, 0.15) is 18.4 Å². The van der Waals surface area contributed by atoms with Crippen molar-refractivity contribution in [3.63, 3.8) is 0 Å². The van der Waals surface area contributed by atoms with E-state index >= 15 is 0 Å². The van der Waals surface area contributed by atoms with E-state index in [9.17, 15) is 8.42 Å². The van der Waals surface area contributed by atoms with E-state index in [1.54, 1.807) is 6.20 Å². The van der Waals surface area contributed by atoms with Crippen molar-refractivity contribution in [2.45, 2.75) is 19.3 Å². The molecule has 1 heterocycles. The zero-order valence-corrected chi connectivity index (χ0v) is 10.6. The molecule has 0 spiro atoms. The Morgan fingerprint density at radius 1 is 1.18 bits per heavy atom. The van der Waals surface area contributed by atoms with Crippen LogP contribution >= 0.6 is 0 Å². The van der Waals surface area contributed by atoms with Gasteiger partial charge in [0.05, 0.1) is 11.4 Å². The lowest BCUT2D eigenvalue weighted by molar-refractivity contribution is 0.597. The Labute approximate surface area is 101 Å². The maximum Gasteiger partial charge on any atom is 0.148 e. The number of unbranched alkanes of at least 4 members (excludes halogenated alkanes) is 1. The van der Waals surface area contributed by atoms with E-state index in [0.29, 0.717) is 24.2 Å². The fourth-order valence-corrected chi connectivity index (χ4v) is 2.20. The zero-order chi connectivity index (χ0) is 13.1. The molecule has 0 aliphatic carbocycles. The van der Waals surface area contributed by atoms with Gasteiger partial charge in [-0.05, 0) is 24.8 Å². The van der Waals surface area contributed by atoms with Crippen molar-refractivity contribution in [1.82, 2.24) is 4.98 Å². The summed E-state index contributed by atoms with van der Waals surface area (Å²) in [4.78, 5) is 3.92. The molecule has 0 aliphatic heterocycles. The summed E-state index contributed by atoms with van der Waals surface area (Å²) in [6, 6.07) is 0. The summed E-state index contributed by atoms with van der Waals surface area (Å²) in [5.74, 6) is 0.410. The van der Waals surface area contributed by atoms with Gasteiger partial charge in [0, 0.05) is 18.2 Å². The predicted octanol–water partition coefficient (Wildman–Crippen LogP) is 0.196. The van der Waals surface area contributed by atoms with Crippen LogP contribution < -0.4 is 17.2 Å². The lowest BCUT2D eigenvalue weighted by Crippen LogP contribution is -2.07. The SMILES string of the molecule is CS(=O)(=O)CCCCc1cnc(N)c(N)c1N. The highest BCUT2D eigenvalue weighted by atomic mass is 32.2. The first-order valence-electron chi connectivity index (χ1n) is 5.27. The van der Waals surface area contributed by atoms with Crippen molar-refractivity contribution in [2.24, 2.45) is 0 Å². The number of sulfone groups is 1. The quantitative estimate of drug-likeness (QED) is 0.648. The van der Waals surface area contributed by atoms with Gasteiger partial charge in [-0.2, -0.15) is 0 Å². The third kappa shape index (κ3) is 4.10. The molecule has 96 valence electrons. The normalized spacial score (nSPS) is 11.6. The Kier molecular flexibility index (Phi) is 4.17. The van der Waals surface area contributed by atoms with E-state index in [1.807, 2.05) is 0 Å². The molecule has 7 heteroatoms. The number of aromatic nitrogens is 1. The van der Waals surface area contributed by atoms with Gasteiger partial charge in [0.15, 0.2) is 0 Å². The number of pyridine rings is 1. The standard InChI is InChI=1S/C10H18N4O2S/c1-17(15,16)5-3-2-4-7-6-14-10(13)9(12)8(7)11/h6H,2-5,12H2,1H3,(H4,11,13,14). The first-order chi connectivity index (χ1) is 7.81. The molecule has 0 unspecified atom stereocenters. The maximum atomic E-state index is 10.9. The zero-order valence-electron chi connectivity index (χ0n) is 9.81. The van der Waals surface area contributed by atoms with Gasteiger partial charge < -0.3 is 17.2 Å². The number of rotatable bonds is 5. The lowest BCUT2D eigenvalue weighted by atomic mass is 10.1. The van der Waals surface area contributed by atoms with Gasteiger partial charge in [-0.15, -0.1) is 0 Å². The van der Waals surface area contributed by atoms with Gasteiger partial charge in [0.2, 0.25) is 0 Å². The van der Waals surface area contributed by atoms with Gasteiger partial charge in [-0.3, -0.25) is 0 Å². The van der Waals surface area contributed by atoms with Crippen molar-refractivity contribution in [2.75, 3.05) is 29.2 Å². The third-order valence-corrected chi connectivity index (χ3v) is 3.51. The summed E-state index contributed by atoms with van der Waals surface area (Å²) < 4.78 is 21.9. The molecule has 6 N–H and O–H groups in total.